The molecule has 0 aliphatic heterocycles. The summed E-state index contributed by atoms with van der Waals surface area (Å²) in [5.41, 5.74) is 0.532. The lowest BCUT2D eigenvalue weighted by Gasteiger charge is -2.09. The molecule has 6 heteroatoms. The number of ether oxygens (including phenoxy) is 1. The molecule has 27 heavy (non-hydrogen) atoms. The Bertz CT molecular complexity index is 1090. The standard InChI is InChI=1S/C21H12F3NO2/c1-12-2-6-17(19(23)8-12)21(26)27-15-5-7-16(20(24)10-15)13-3-4-14(11-25)18(22)9-13/h2-10H,1H3. The maximum absolute atomic E-state index is 14.4. The number of nitriles is 1. The van der Waals surface area contributed by atoms with Gasteiger partial charge in [0.15, 0.2) is 0 Å². The topological polar surface area (TPSA) is 50.1 Å². The van der Waals surface area contributed by atoms with Crippen molar-refractivity contribution in [1.29, 1.82) is 5.26 Å². The van der Waals surface area contributed by atoms with Crippen molar-refractivity contribution in [2.75, 3.05) is 0 Å². The van der Waals surface area contributed by atoms with Gasteiger partial charge in [-0.05, 0) is 54.4 Å². The minimum atomic E-state index is -0.955. The summed E-state index contributed by atoms with van der Waals surface area (Å²) in [5.74, 6) is -3.32. The van der Waals surface area contributed by atoms with Crippen molar-refractivity contribution >= 4 is 5.97 Å². The van der Waals surface area contributed by atoms with Crippen molar-refractivity contribution in [1.82, 2.24) is 0 Å². The van der Waals surface area contributed by atoms with E-state index in [9.17, 15) is 18.0 Å². The Kier molecular flexibility index (Phi) is 4.95. The highest BCUT2D eigenvalue weighted by Gasteiger charge is 2.16. The third-order valence-electron chi connectivity index (χ3n) is 3.90. The van der Waals surface area contributed by atoms with Gasteiger partial charge in [-0.2, -0.15) is 5.26 Å². The van der Waals surface area contributed by atoms with Crippen molar-refractivity contribution in [2.45, 2.75) is 6.92 Å². The van der Waals surface area contributed by atoms with E-state index >= 15 is 0 Å². The summed E-state index contributed by atoms with van der Waals surface area (Å²) >= 11 is 0. The van der Waals surface area contributed by atoms with Crippen LogP contribution >= 0.6 is 0 Å². The Balaban J connectivity index is 1.85. The molecular weight excluding hydrogens is 355 g/mol. The fourth-order valence-corrected chi connectivity index (χ4v) is 2.51. The van der Waals surface area contributed by atoms with Gasteiger partial charge in [0.05, 0.1) is 11.1 Å². The predicted molar refractivity (Wildman–Crippen MR) is 92.6 cm³/mol. The molecule has 0 fully saturated rings. The number of rotatable bonds is 3. The van der Waals surface area contributed by atoms with Gasteiger partial charge >= 0.3 is 5.97 Å². The first-order valence-corrected chi connectivity index (χ1v) is 7.87. The Morgan fingerprint density at radius 3 is 2.33 bits per heavy atom. The molecule has 0 amide bonds. The van der Waals surface area contributed by atoms with Crippen LogP contribution in [0.15, 0.2) is 54.6 Å². The van der Waals surface area contributed by atoms with Gasteiger partial charge in [-0.15, -0.1) is 0 Å². The van der Waals surface area contributed by atoms with E-state index in [1.807, 2.05) is 0 Å². The van der Waals surface area contributed by atoms with Gasteiger partial charge in [0.1, 0.15) is 29.3 Å². The van der Waals surface area contributed by atoms with Gasteiger partial charge < -0.3 is 4.74 Å². The number of carbonyl (C=O) groups excluding carboxylic acids is 1. The molecule has 0 bridgehead atoms. The number of nitrogens with zero attached hydrogens (tertiary/aromatic N) is 1. The lowest BCUT2D eigenvalue weighted by Crippen LogP contribution is -2.11. The molecule has 0 atom stereocenters. The number of hydrogen-bond donors (Lipinski definition) is 0. The zero-order valence-electron chi connectivity index (χ0n) is 14.1. The molecular formula is C21H12F3NO2. The maximum atomic E-state index is 14.4. The smallest absolute Gasteiger partial charge is 0.346 e. The summed E-state index contributed by atoms with van der Waals surface area (Å²) in [7, 11) is 0. The van der Waals surface area contributed by atoms with E-state index in [0.29, 0.717) is 5.56 Å². The lowest BCUT2D eigenvalue weighted by atomic mass is 10.0. The predicted octanol–water partition coefficient (Wildman–Crippen LogP) is 5.17. The Hall–Kier alpha value is -3.59. The molecule has 0 spiro atoms. The Morgan fingerprint density at radius 1 is 0.926 bits per heavy atom. The number of aryl methyl sites for hydroxylation is 1. The molecule has 0 N–H and O–H groups in total. The minimum Gasteiger partial charge on any atom is -0.423 e. The van der Waals surface area contributed by atoms with E-state index in [4.69, 9.17) is 10.00 Å². The number of hydrogen-bond acceptors (Lipinski definition) is 3. The van der Waals surface area contributed by atoms with Crippen LogP contribution < -0.4 is 4.74 Å². The van der Waals surface area contributed by atoms with Crippen LogP contribution in [0.1, 0.15) is 21.5 Å². The highest BCUT2D eigenvalue weighted by Crippen LogP contribution is 2.28. The largest absolute Gasteiger partial charge is 0.423 e. The third-order valence-corrected chi connectivity index (χ3v) is 3.90. The summed E-state index contributed by atoms with van der Waals surface area (Å²) in [5, 5.41) is 8.74. The highest BCUT2D eigenvalue weighted by atomic mass is 19.1. The second kappa shape index (κ2) is 7.34. The molecule has 0 heterocycles. The second-order valence-electron chi connectivity index (χ2n) is 5.82. The van der Waals surface area contributed by atoms with Crippen LogP contribution in [0, 0.1) is 35.7 Å². The summed E-state index contributed by atoms with van der Waals surface area (Å²) in [4.78, 5) is 12.1. The van der Waals surface area contributed by atoms with Gasteiger partial charge in [0.25, 0.3) is 0 Å². The van der Waals surface area contributed by atoms with E-state index in [1.165, 1.54) is 36.4 Å². The first-order valence-electron chi connectivity index (χ1n) is 7.87. The van der Waals surface area contributed by atoms with Gasteiger partial charge in [-0.1, -0.05) is 12.1 Å². The molecule has 3 nitrogen and oxygen atoms in total. The monoisotopic (exact) mass is 367 g/mol. The normalized spacial score (nSPS) is 10.3. The van der Waals surface area contributed by atoms with E-state index in [-0.39, 0.29) is 28.0 Å². The van der Waals surface area contributed by atoms with E-state index in [1.54, 1.807) is 19.1 Å². The second-order valence-corrected chi connectivity index (χ2v) is 5.82. The molecule has 0 aliphatic carbocycles. The van der Waals surface area contributed by atoms with Crippen LogP contribution in [0.4, 0.5) is 13.2 Å². The van der Waals surface area contributed by atoms with Crippen molar-refractivity contribution in [3.8, 4) is 22.9 Å². The molecule has 0 saturated carbocycles. The van der Waals surface area contributed by atoms with Gasteiger partial charge in [-0.3, -0.25) is 0 Å². The molecule has 0 aliphatic rings. The highest BCUT2D eigenvalue weighted by molar-refractivity contribution is 5.91. The lowest BCUT2D eigenvalue weighted by molar-refractivity contribution is 0.0729. The van der Waals surface area contributed by atoms with Crippen molar-refractivity contribution < 1.29 is 22.7 Å². The zero-order chi connectivity index (χ0) is 19.6. The summed E-state index contributed by atoms with van der Waals surface area (Å²) < 4.78 is 47.0. The Morgan fingerprint density at radius 2 is 1.70 bits per heavy atom. The first kappa shape index (κ1) is 18.2. The van der Waals surface area contributed by atoms with Crippen molar-refractivity contribution in [3.63, 3.8) is 0 Å². The van der Waals surface area contributed by atoms with E-state index in [2.05, 4.69) is 0 Å². The first-order chi connectivity index (χ1) is 12.9. The van der Waals surface area contributed by atoms with Crippen LogP contribution in [-0.4, -0.2) is 5.97 Å². The molecule has 3 aromatic rings. The molecule has 0 saturated heterocycles. The average molecular weight is 367 g/mol. The van der Waals surface area contributed by atoms with Gasteiger partial charge in [0.2, 0.25) is 0 Å². The van der Waals surface area contributed by atoms with Gasteiger partial charge in [0, 0.05) is 11.6 Å². The number of halogens is 3. The molecule has 3 aromatic carbocycles. The molecule has 0 radical (unpaired) electrons. The van der Waals surface area contributed by atoms with Crippen molar-refractivity contribution in [3.05, 3.63) is 88.7 Å². The molecule has 0 aromatic heterocycles. The molecule has 0 unspecified atom stereocenters. The molecule has 3 rings (SSSR count). The van der Waals surface area contributed by atoms with Crippen molar-refractivity contribution in [2.24, 2.45) is 0 Å². The number of benzene rings is 3. The van der Waals surface area contributed by atoms with Gasteiger partial charge in [-0.25, -0.2) is 18.0 Å². The van der Waals surface area contributed by atoms with E-state index < -0.39 is 23.4 Å². The quantitative estimate of drug-likeness (QED) is 0.474. The van der Waals surface area contributed by atoms with Crippen LogP contribution in [0.2, 0.25) is 0 Å². The number of esters is 1. The number of carbonyl (C=O) groups is 1. The Labute approximate surface area is 153 Å². The van der Waals surface area contributed by atoms with Crippen LogP contribution in [0.25, 0.3) is 11.1 Å². The average Bonchev–Trinajstić information content (AvgIpc) is 2.61. The fraction of sp³-hybridized carbons (Fsp3) is 0.0476. The van der Waals surface area contributed by atoms with Crippen LogP contribution in [0.5, 0.6) is 5.75 Å². The zero-order valence-corrected chi connectivity index (χ0v) is 14.1. The van der Waals surface area contributed by atoms with Crippen LogP contribution in [0.3, 0.4) is 0 Å². The van der Waals surface area contributed by atoms with Crippen LogP contribution in [-0.2, 0) is 0 Å². The SMILES string of the molecule is Cc1ccc(C(=O)Oc2ccc(-c3ccc(C#N)c(F)c3)c(F)c2)c(F)c1. The third kappa shape index (κ3) is 3.82. The summed E-state index contributed by atoms with van der Waals surface area (Å²) in [6.07, 6.45) is 0. The maximum Gasteiger partial charge on any atom is 0.346 e. The minimum absolute atomic E-state index is 0.0692. The summed E-state index contributed by atoms with van der Waals surface area (Å²) in [6.45, 7) is 1.68. The molecule has 134 valence electrons. The summed E-state index contributed by atoms with van der Waals surface area (Å²) in [6, 6.07) is 13.0. The van der Waals surface area contributed by atoms with E-state index in [0.717, 1.165) is 12.1 Å². The fourth-order valence-electron chi connectivity index (χ4n) is 2.51.